The maximum Gasteiger partial charge on any atom is 0.0826 e. The molecule has 1 atom stereocenters. The number of thioether (sulfide) groups is 1. The molecule has 0 aromatic carbocycles. The summed E-state index contributed by atoms with van der Waals surface area (Å²) in [7, 11) is 0. The van der Waals surface area contributed by atoms with Crippen molar-refractivity contribution in [1.29, 1.82) is 0 Å². The van der Waals surface area contributed by atoms with Crippen LogP contribution < -0.4 is 5.32 Å². The summed E-state index contributed by atoms with van der Waals surface area (Å²) in [5.74, 6) is 0. The number of nitrogens with one attached hydrogen (secondary N) is 1. The SMILES string of the molecule is CCC(CC)(CNCC1CN(C(C)C)CCO1)SC. The number of morpholine rings is 1. The van der Waals surface area contributed by atoms with Crippen molar-refractivity contribution in [2.24, 2.45) is 0 Å². The fraction of sp³-hybridized carbons (Fsp3) is 1.00. The molecule has 0 bridgehead atoms. The lowest BCUT2D eigenvalue weighted by atomic mass is 10.0. The van der Waals surface area contributed by atoms with Gasteiger partial charge in [-0.3, -0.25) is 4.90 Å². The van der Waals surface area contributed by atoms with Crippen LogP contribution in [0.5, 0.6) is 0 Å². The zero-order valence-corrected chi connectivity index (χ0v) is 14.2. The van der Waals surface area contributed by atoms with Crippen molar-refractivity contribution in [2.75, 3.05) is 39.0 Å². The monoisotopic (exact) mass is 288 g/mol. The van der Waals surface area contributed by atoms with Gasteiger partial charge in [0.2, 0.25) is 0 Å². The van der Waals surface area contributed by atoms with E-state index in [0.29, 0.717) is 16.9 Å². The second-order valence-electron chi connectivity index (χ2n) is 5.81. The molecule has 1 N–H and O–H groups in total. The van der Waals surface area contributed by atoms with E-state index >= 15 is 0 Å². The molecule has 1 aliphatic heterocycles. The highest BCUT2D eigenvalue weighted by Gasteiger charge is 2.26. The summed E-state index contributed by atoms with van der Waals surface area (Å²) in [6.45, 7) is 14.2. The number of rotatable bonds is 8. The summed E-state index contributed by atoms with van der Waals surface area (Å²) >= 11 is 2.00. The lowest BCUT2D eigenvalue weighted by molar-refractivity contribution is -0.0372. The van der Waals surface area contributed by atoms with Crippen LogP contribution in [-0.2, 0) is 4.74 Å². The number of hydrogen-bond acceptors (Lipinski definition) is 4. The van der Waals surface area contributed by atoms with E-state index in [0.717, 1.165) is 32.8 Å². The average Bonchev–Trinajstić information content (AvgIpc) is 2.44. The summed E-state index contributed by atoms with van der Waals surface area (Å²) in [6.07, 6.45) is 5.03. The first-order valence-corrected chi connectivity index (χ1v) is 8.91. The van der Waals surface area contributed by atoms with Gasteiger partial charge >= 0.3 is 0 Å². The fourth-order valence-electron chi connectivity index (χ4n) is 2.66. The molecule has 3 nitrogen and oxygen atoms in total. The van der Waals surface area contributed by atoms with Crippen molar-refractivity contribution >= 4 is 11.8 Å². The Bertz CT molecular complexity index is 236. The van der Waals surface area contributed by atoms with Crippen LogP contribution in [0.2, 0.25) is 0 Å². The first-order chi connectivity index (χ1) is 9.06. The van der Waals surface area contributed by atoms with Gasteiger partial charge in [0.15, 0.2) is 0 Å². The second-order valence-corrected chi connectivity index (χ2v) is 7.08. The Hall–Kier alpha value is 0.230. The van der Waals surface area contributed by atoms with Crippen molar-refractivity contribution in [3.8, 4) is 0 Å². The van der Waals surface area contributed by atoms with Crippen LogP contribution in [-0.4, -0.2) is 60.8 Å². The van der Waals surface area contributed by atoms with E-state index in [1.165, 1.54) is 12.8 Å². The summed E-state index contributed by atoms with van der Waals surface area (Å²) in [6, 6.07) is 0.628. The van der Waals surface area contributed by atoms with Gasteiger partial charge in [-0.1, -0.05) is 13.8 Å². The summed E-state index contributed by atoms with van der Waals surface area (Å²) in [5, 5.41) is 3.64. The van der Waals surface area contributed by atoms with Gasteiger partial charge in [-0.15, -0.1) is 0 Å². The smallest absolute Gasteiger partial charge is 0.0826 e. The van der Waals surface area contributed by atoms with Gasteiger partial charge in [0, 0.05) is 37.0 Å². The summed E-state index contributed by atoms with van der Waals surface area (Å²) < 4.78 is 6.26. The Morgan fingerprint density at radius 3 is 2.58 bits per heavy atom. The molecule has 0 amide bonds. The third-order valence-corrected chi connectivity index (χ3v) is 6.03. The van der Waals surface area contributed by atoms with Crippen LogP contribution in [0, 0.1) is 0 Å². The predicted molar refractivity (Wildman–Crippen MR) is 86.1 cm³/mol. The lowest BCUT2D eigenvalue weighted by Crippen LogP contribution is -2.50. The molecule has 19 heavy (non-hydrogen) atoms. The van der Waals surface area contributed by atoms with Gasteiger partial charge in [0.25, 0.3) is 0 Å². The van der Waals surface area contributed by atoms with Crippen LogP contribution in [0.4, 0.5) is 0 Å². The third kappa shape index (κ3) is 5.25. The number of hydrogen-bond donors (Lipinski definition) is 1. The van der Waals surface area contributed by atoms with Gasteiger partial charge < -0.3 is 10.1 Å². The first-order valence-electron chi connectivity index (χ1n) is 7.68. The molecule has 4 heteroatoms. The zero-order valence-electron chi connectivity index (χ0n) is 13.4. The Kier molecular flexibility index (Phi) is 7.73. The molecule has 0 saturated carbocycles. The number of ether oxygens (including phenoxy) is 1. The van der Waals surface area contributed by atoms with E-state index in [4.69, 9.17) is 4.74 Å². The second kappa shape index (κ2) is 8.50. The van der Waals surface area contributed by atoms with E-state index in [1.807, 2.05) is 11.8 Å². The molecule has 1 fully saturated rings. The Morgan fingerprint density at radius 2 is 2.05 bits per heavy atom. The summed E-state index contributed by atoms with van der Waals surface area (Å²) in [5.41, 5.74) is 0. The fourth-order valence-corrected chi connectivity index (χ4v) is 3.48. The highest BCUT2D eigenvalue weighted by molar-refractivity contribution is 8.00. The van der Waals surface area contributed by atoms with Gasteiger partial charge in [0.1, 0.15) is 0 Å². The lowest BCUT2D eigenvalue weighted by Gasteiger charge is -2.36. The van der Waals surface area contributed by atoms with Crippen molar-refractivity contribution in [3.05, 3.63) is 0 Å². The molecule has 1 heterocycles. The first kappa shape index (κ1) is 17.3. The van der Waals surface area contributed by atoms with Crippen LogP contribution >= 0.6 is 11.8 Å². The summed E-state index contributed by atoms with van der Waals surface area (Å²) in [4.78, 5) is 2.51. The minimum Gasteiger partial charge on any atom is -0.374 e. The van der Waals surface area contributed by atoms with Crippen molar-refractivity contribution < 1.29 is 4.74 Å². The molecule has 114 valence electrons. The molecule has 0 aromatic rings. The van der Waals surface area contributed by atoms with E-state index < -0.39 is 0 Å². The zero-order chi connectivity index (χ0) is 14.3. The highest BCUT2D eigenvalue weighted by Crippen LogP contribution is 2.29. The van der Waals surface area contributed by atoms with E-state index in [1.54, 1.807) is 0 Å². The van der Waals surface area contributed by atoms with E-state index in [2.05, 4.69) is 44.2 Å². The molecule has 0 spiro atoms. The topological polar surface area (TPSA) is 24.5 Å². The largest absolute Gasteiger partial charge is 0.374 e. The normalized spacial score (nSPS) is 22.1. The van der Waals surface area contributed by atoms with Crippen LogP contribution in [0.15, 0.2) is 0 Å². The van der Waals surface area contributed by atoms with Crippen molar-refractivity contribution in [3.63, 3.8) is 0 Å². The Balaban J connectivity index is 2.32. The van der Waals surface area contributed by atoms with Crippen LogP contribution in [0.3, 0.4) is 0 Å². The quantitative estimate of drug-likeness (QED) is 0.742. The maximum absolute atomic E-state index is 5.86. The van der Waals surface area contributed by atoms with Crippen LogP contribution in [0.25, 0.3) is 0 Å². The Labute approximate surface area is 123 Å². The van der Waals surface area contributed by atoms with Gasteiger partial charge in [-0.05, 0) is 32.9 Å². The van der Waals surface area contributed by atoms with Gasteiger partial charge in [0.05, 0.1) is 12.7 Å². The van der Waals surface area contributed by atoms with Gasteiger partial charge in [-0.25, -0.2) is 0 Å². The molecular formula is C15H32N2OS. The standard InChI is InChI=1S/C15H32N2OS/c1-6-15(7-2,19-5)12-16-10-14-11-17(13(3)4)8-9-18-14/h13-14,16H,6-12H2,1-5H3. The van der Waals surface area contributed by atoms with E-state index in [9.17, 15) is 0 Å². The minimum absolute atomic E-state index is 0.351. The molecule has 1 aliphatic rings. The Morgan fingerprint density at radius 1 is 1.37 bits per heavy atom. The third-order valence-electron chi connectivity index (χ3n) is 4.44. The molecule has 0 aliphatic carbocycles. The highest BCUT2D eigenvalue weighted by atomic mass is 32.2. The molecule has 0 aromatic heterocycles. The molecule has 1 unspecified atom stereocenters. The molecule has 1 rings (SSSR count). The van der Waals surface area contributed by atoms with Crippen molar-refractivity contribution in [2.45, 2.75) is 57.4 Å². The molecular weight excluding hydrogens is 256 g/mol. The van der Waals surface area contributed by atoms with Crippen LogP contribution in [0.1, 0.15) is 40.5 Å². The predicted octanol–water partition coefficient (Wildman–Crippen LogP) is 2.61. The molecule has 1 saturated heterocycles. The maximum atomic E-state index is 5.86. The molecule has 0 radical (unpaired) electrons. The van der Waals surface area contributed by atoms with E-state index in [-0.39, 0.29) is 0 Å². The van der Waals surface area contributed by atoms with Crippen molar-refractivity contribution in [1.82, 2.24) is 10.2 Å². The number of nitrogens with zero attached hydrogens (tertiary/aromatic N) is 1. The average molecular weight is 289 g/mol. The van der Waals surface area contributed by atoms with Gasteiger partial charge in [-0.2, -0.15) is 11.8 Å². The minimum atomic E-state index is 0.351.